The van der Waals surface area contributed by atoms with Gasteiger partial charge in [0.15, 0.2) is 5.78 Å². The molecule has 4 aliphatic carbocycles. The third-order valence-electron chi connectivity index (χ3n) is 9.16. The summed E-state index contributed by atoms with van der Waals surface area (Å²) < 4.78 is 0. The molecule has 0 bridgehead atoms. The summed E-state index contributed by atoms with van der Waals surface area (Å²) >= 11 is 0. The second-order valence-corrected chi connectivity index (χ2v) is 10.7. The first-order chi connectivity index (χ1) is 14.7. The molecule has 0 heterocycles. The minimum absolute atomic E-state index is 0.0685. The lowest BCUT2D eigenvalue weighted by Gasteiger charge is -2.56. The Balaban J connectivity index is 1.44. The van der Waals surface area contributed by atoms with E-state index in [0.29, 0.717) is 17.8 Å². The number of rotatable bonds is 2. The number of hydrogen-bond donors (Lipinski definition) is 1. The van der Waals surface area contributed by atoms with Crippen molar-refractivity contribution in [3.8, 4) is 0 Å². The molecule has 31 heavy (non-hydrogen) atoms. The number of nitrogens with zero attached hydrogens (tertiary/aromatic N) is 1. The summed E-state index contributed by atoms with van der Waals surface area (Å²) in [6.07, 6.45) is 10.7. The van der Waals surface area contributed by atoms with E-state index in [1.54, 1.807) is 12.1 Å². The van der Waals surface area contributed by atoms with Gasteiger partial charge in [0.25, 0.3) is 5.69 Å². The minimum atomic E-state index is -0.400. The predicted molar refractivity (Wildman–Crippen MR) is 119 cm³/mol. The van der Waals surface area contributed by atoms with Gasteiger partial charge in [-0.1, -0.05) is 25.5 Å². The zero-order valence-electron chi connectivity index (χ0n) is 18.3. The number of allylic oxidation sites excluding steroid dienone is 2. The number of nitro groups is 1. The number of aliphatic hydroxyl groups is 1. The minimum Gasteiger partial charge on any atom is -0.393 e. The Labute approximate surface area is 183 Å². The first kappa shape index (κ1) is 20.6. The monoisotopic (exact) mass is 421 g/mol. The molecule has 3 fully saturated rings. The van der Waals surface area contributed by atoms with Crippen LogP contribution in [0.2, 0.25) is 0 Å². The Kier molecular flexibility index (Phi) is 4.74. The number of hydrogen-bond acceptors (Lipinski definition) is 4. The molecule has 5 heteroatoms. The van der Waals surface area contributed by atoms with Crippen molar-refractivity contribution < 1.29 is 14.8 Å². The van der Waals surface area contributed by atoms with E-state index in [4.69, 9.17) is 0 Å². The first-order valence-electron chi connectivity index (χ1n) is 11.6. The van der Waals surface area contributed by atoms with Gasteiger partial charge in [0, 0.05) is 17.5 Å². The van der Waals surface area contributed by atoms with Crippen LogP contribution >= 0.6 is 0 Å². The summed E-state index contributed by atoms with van der Waals surface area (Å²) in [5.74, 6) is 1.72. The van der Waals surface area contributed by atoms with Gasteiger partial charge in [-0.2, -0.15) is 0 Å². The molecule has 1 aromatic carbocycles. The van der Waals surface area contributed by atoms with Gasteiger partial charge in [0.2, 0.25) is 0 Å². The quantitative estimate of drug-likeness (QED) is 0.297. The second-order valence-electron chi connectivity index (χ2n) is 10.7. The number of carbonyl (C=O) groups excluding carboxylic acids is 1. The van der Waals surface area contributed by atoms with Crippen LogP contribution in [0.15, 0.2) is 41.5 Å². The maximum Gasteiger partial charge on any atom is 0.269 e. The fourth-order valence-electron chi connectivity index (χ4n) is 7.33. The maximum atomic E-state index is 13.5. The van der Waals surface area contributed by atoms with Crippen molar-refractivity contribution in [2.45, 2.75) is 64.9 Å². The molecular weight excluding hydrogens is 390 g/mol. The highest BCUT2D eigenvalue weighted by Gasteiger charge is 2.59. The van der Waals surface area contributed by atoms with E-state index in [2.05, 4.69) is 19.9 Å². The van der Waals surface area contributed by atoms with Crippen LogP contribution in [0.4, 0.5) is 5.69 Å². The van der Waals surface area contributed by atoms with Crippen molar-refractivity contribution >= 4 is 17.5 Å². The standard InChI is InChI=1S/C26H31NO4/c1-25-11-9-20(28)15-18(25)5-8-21-22(25)10-12-26(2)23(21)14-17(24(26)29)13-16-3-6-19(7-4-16)27(30)31/h3-7,13,20-23,28H,8-12,14-15H2,1-2H3/b17-13-/t20-,21-,22+,23+,25+,26+/m1/s1. The summed E-state index contributed by atoms with van der Waals surface area (Å²) in [7, 11) is 0. The fourth-order valence-corrected chi connectivity index (χ4v) is 7.33. The summed E-state index contributed by atoms with van der Waals surface area (Å²) in [5, 5.41) is 21.1. The molecule has 0 amide bonds. The summed E-state index contributed by atoms with van der Waals surface area (Å²) in [5.41, 5.74) is 3.11. The first-order valence-corrected chi connectivity index (χ1v) is 11.6. The van der Waals surface area contributed by atoms with E-state index in [1.807, 2.05) is 6.08 Å². The molecule has 5 nitrogen and oxygen atoms in total. The molecule has 3 saturated carbocycles. The average molecular weight is 422 g/mol. The van der Waals surface area contributed by atoms with Crippen LogP contribution < -0.4 is 0 Å². The summed E-state index contributed by atoms with van der Waals surface area (Å²) in [4.78, 5) is 24.0. The molecule has 1 aromatic rings. The lowest BCUT2D eigenvalue weighted by Crippen LogP contribution is -2.50. The number of ketones is 1. The van der Waals surface area contributed by atoms with E-state index >= 15 is 0 Å². The number of fused-ring (bicyclic) bond motifs is 5. The van der Waals surface area contributed by atoms with Crippen LogP contribution in [-0.4, -0.2) is 21.9 Å². The number of aliphatic hydroxyl groups excluding tert-OH is 1. The highest BCUT2D eigenvalue weighted by molar-refractivity contribution is 6.06. The Bertz CT molecular complexity index is 993. The topological polar surface area (TPSA) is 80.4 Å². The van der Waals surface area contributed by atoms with Crippen LogP contribution in [0.3, 0.4) is 0 Å². The Morgan fingerprint density at radius 2 is 1.77 bits per heavy atom. The SMILES string of the molecule is C[C@]12CC[C@@H](O)CC1=CC[C@@H]1[C@@H]2CC[C@]2(C)C(=O)/C(=C\c3ccc([N+](=O)[O-])cc3)C[C@@H]12. The third kappa shape index (κ3) is 3.12. The van der Waals surface area contributed by atoms with Gasteiger partial charge in [-0.3, -0.25) is 14.9 Å². The molecule has 0 aromatic heterocycles. The number of Topliss-reactive ketones (excluding diaryl/α,β-unsaturated/α-hetero) is 1. The fraction of sp³-hybridized carbons (Fsp3) is 0.577. The van der Waals surface area contributed by atoms with E-state index in [1.165, 1.54) is 17.7 Å². The molecule has 5 rings (SSSR count). The van der Waals surface area contributed by atoms with Gasteiger partial charge in [-0.25, -0.2) is 0 Å². The molecule has 0 saturated heterocycles. The second kappa shape index (κ2) is 7.13. The Morgan fingerprint density at radius 1 is 1.06 bits per heavy atom. The largest absolute Gasteiger partial charge is 0.393 e. The normalized spacial score (nSPS) is 40.7. The lowest BCUT2D eigenvalue weighted by molar-refractivity contribution is -0.384. The van der Waals surface area contributed by atoms with Crippen molar-refractivity contribution in [2.24, 2.45) is 28.6 Å². The van der Waals surface area contributed by atoms with Crippen molar-refractivity contribution in [1.29, 1.82) is 0 Å². The number of non-ortho nitro benzene ring substituents is 1. The summed E-state index contributed by atoms with van der Waals surface area (Å²) in [6.45, 7) is 4.56. The van der Waals surface area contributed by atoms with Crippen molar-refractivity contribution in [1.82, 2.24) is 0 Å². The molecule has 4 aliphatic rings. The zero-order chi connectivity index (χ0) is 22.0. The number of carbonyl (C=O) groups is 1. The van der Waals surface area contributed by atoms with E-state index in [9.17, 15) is 20.0 Å². The molecule has 0 spiro atoms. The lowest BCUT2D eigenvalue weighted by atomic mass is 9.48. The van der Waals surface area contributed by atoms with Crippen molar-refractivity contribution in [3.63, 3.8) is 0 Å². The van der Waals surface area contributed by atoms with E-state index in [0.717, 1.165) is 56.1 Å². The van der Waals surface area contributed by atoms with Crippen LogP contribution in [0.25, 0.3) is 6.08 Å². The average Bonchev–Trinajstić information content (AvgIpc) is 2.99. The molecule has 0 radical (unpaired) electrons. The van der Waals surface area contributed by atoms with Gasteiger partial charge in [0.1, 0.15) is 0 Å². The highest BCUT2D eigenvalue weighted by Crippen LogP contribution is 2.64. The van der Waals surface area contributed by atoms with E-state index in [-0.39, 0.29) is 28.4 Å². The molecule has 1 N–H and O–H groups in total. The van der Waals surface area contributed by atoms with Crippen LogP contribution in [0.5, 0.6) is 0 Å². The van der Waals surface area contributed by atoms with E-state index < -0.39 is 4.92 Å². The molecular formula is C26H31NO4. The molecule has 164 valence electrons. The summed E-state index contributed by atoms with van der Waals surface area (Å²) in [6, 6.07) is 6.47. The van der Waals surface area contributed by atoms with Gasteiger partial charge >= 0.3 is 0 Å². The van der Waals surface area contributed by atoms with Gasteiger partial charge < -0.3 is 5.11 Å². The molecule has 0 aliphatic heterocycles. The van der Waals surface area contributed by atoms with Crippen LogP contribution in [0, 0.1) is 38.7 Å². The van der Waals surface area contributed by atoms with Crippen LogP contribution in [-0.2, 0) is 4.79 Å². The van der Waals surface area contributed by atoms with Gasteiger partial charge in [-0.05, 0) is 97.5 Å². The van der Waals surface area contributed by atoms with Crippen molar-refractivity contribution in [2.75, 3.05) is 0 Å². The Morgan fingerprint density at radius 3 is 2.48 bits per heavy atom. The molecule has 0 unspecified atom stereocenters. The molecule has 6 atom stereocenters. The number of benzene rings is 1. The maximum absolute atomic E-state index is 13.5. The van der Waals surface area contributed by atoms with Gasteiger partial charge in [0.05, 0.1) is 11.0 Å². The van der Waals surface area contributed by atoms with Crippen LogP contribution in [0.1, 0.15) is 64.4 Å². The Hall–Kier alpha value is -2.27. The zero-order valence-corrected chi connectivity index (χ0v) is 18.3. The smallest absolute Gasteiger partial charge is 0.269 e. The number of nitro benzene ring substituents is 1. The third-order valence-corrected chi connectivity index (χ3v) is 9.16. The predicted octanol–water partition coefficient (Wildman–Crippen LogP) is 5.48. The van der Waals surface area contributed by atoms with Gasteiger partial charge in [-0.15, -0.1) is 0 Å². The van der Waals surface area contributed by atoms with Crippen molar-refractivity contribution in [3.05, 3.63) is 57.2 Å². The highest BCUT2D eigenvalue weighted by atomic mass is 16.6.